The fraction of sp³-hybridized carbons (Fsp3) is 0.357. The lowest BCUT2D eigenvalue weighted by Gasteiger charge is -2.14. The van der Waals surface area contributed by atoms with Crippen LogP contribution in [0.15, 0.2) is 36.9 Å². The van der Waals surface area contributed by atoms with Crippen LogP contribution in [0.5, 0.6) is 0 Å². The topological polar surface area (TPSA) is 59.8 Å². The van der Waals surface area contributed by atoms with Crippen molar-refractivity contribution >= 4 is 27.5 Å². The van der Waals surface area contributed by atoms with Crippen molar-refractivity contribution in [2.75, 3.05) is 5.32 Å². The molecule has 1 aromatic heterocycles. The minimum absolute atomic E-state index is 0.0240. The van der Waals surface area contributed by atoms with Gasteiger partial charge in [-0.3, -0.25) is 4.79 Å². The first-order valence-electron chi connectivity index (χ1n) is 6.42. The van der Waals surface area contributed by atoms with Gasteiger partial charge in [0.25, 0.3) is 0 Å². The number of rotatable bonds is 5. The number of anilines is 1. The number of hydrogen-bond donors (Lipinski definition) is 1. The van der Waals surface area contributed by atoms with Crippen LogP contribution in [0.4, 0.5) is 5.69 Å². The van der Waals surface area contributed by atoms with Crippen LogP contribution in [0.25, 0.3) is 0 Å². The summed E-state index contributed by atoms with van der Waals surface area (Å²) in [6, 6.07) is 7.72. The Bertz CT molecular complexity index is 551. The zero-order chi connectivity index (χ0) is 14.5. The highest BCUT2D eigenvalue weighted by molar-refractivity contribution is 9.10. The summed E-state index contributed by atoms with van der Waals surface area (Å²) in [7, 11) is 0. The molecule has 0 saturated carbocycles. The molecule has 5 nitrogen and oxygen atoms in total. The maximum absolute atomic E-state index is 11.9. The van der Waals surface area contributed by atoms with Gasteiger partial charge < -0.3 is 5.32 Å². The average Bonchev–Trinajstić information content (AvgIpc) is 2.92. The van der Waals surface area contributed by atoms with Gasteiger partial charge in [0.1, 0.15) is 12.7 Å². The van der Waals surface area contributed by atoms with Crippen LogP contribution >= 0.6 is 15.9 Å². The summed E-state index contributed by atoms with van der Waals surface area (Å²) in [5, 5.41) is 6.94. The highest BCUT2D eigenvalue weighted by Crippen LogP contribution is 2.16. The third-order valence-electron chi connectivity index (χ3n) is 2.87. The van der Waals surface area contributed by atoms with E-state index in [4.69, 9.17) is 0 Å². The highest BCUT2D eigenvalue weighted by Gasteiger charge is 2.18. The van der Waals surface area contributed by atoms with Crippen molar-refractivity contribution in [3.8, 4) is 0 Å². The quantitative estimate of drug-likeness (QED) is 0.854. The second-order valence-corrected chi connectivity index (χ2v) is 5.91. The summed E-state index contributed by atoms with van der Waals surface area (Å²) >= 11 is 3.39. The van der Waals surface area contributed by atoms with Crippen LogP contribution < -0.4 is 5.32 Å². The number of alkyl halides is 1. The summed E-state index contributed by atoms with van der Waals surface area (Å²) in [6.45, 7) is 4.67. The molecule has 106 valence electrons. The summed E-state index contributed by atoms with van der Waals surface area (Å²) in [6.07, 6.45) is 3.18. The number of amides is 1. The van der Waals surface area contributed by atoms with E-state index in [1.54, 1.807) is 11.0 Å². The molecule has 0 aliphatic heterocycles. The lowest BCUT2D eigenvalue weighted by atomic mass is 10.1. The van der Waals surface area contributed by atoms with E-state index in [0.29, 0.717) is 6.54 Å². The van der Waals surface area contributed by atoms with E-state index >= 15 is 0 Å². The van der Waals surface area contributed by atoms with Crippen molar-refractivity contribution in [1.29, 1.82) is 0 Å². The second-order valence-electron chi connectivity index (χ2n) is 4.93. The van der Waals surface area contributed by atoms with Crippen molar-refractivity contribution < 1.29 is 4.79 Å². The first kappa shape index (κ1) is 14.7. The van der Waals surface area contributed by atoms with E-state index in [1.165, 1.54) is 6.33 Å². The smallest absolute Gasteiger partial charge is 0.238 e. The van der Waals surface area contributed by atoms with Gasteiger partial charge in [-0.2, -0.15) is 5.10 Å². The molecule has 0 bridgehead atoms. The first-order chi connectivity index (χ1) is 9.56. The zero-order valence-corrected chi connectivity index (χ0v) is 13.0. The molecule has 1 N–H and O–H groups in total. The van der Waals surface area contributed by atoms with E-state index in [1.807, 2.05) is 38.1 Å². The van der Waals surface area contributed by atoms with E-state index in [2.05, 4.69) is 31.3 Å². The Morgan fingerprint density at radius 1 is 1.35 bits per heavy atom. The molecule has 1 amide bonds. The molecule has 0 spiro atoms. The van der Waals surface area contributed by atoms with Gasteiger partial charge in [-0.15, -0.1) is 0 Å². The Hall–Kier alpha value is -1.69. The summed E-state index contributed by atoms with van der Waals surface area (Å²) in [4.78, 5) is 15.6. The predicted molar refractivity (Wildman–Crippen MR) is 81.7 cm³/mol. The standard InChI is InChI=1S/C14H17BrN4O/c1-10(2)13(15)14(20)18-12-5-3-11(4-6-12)7-19-9-16-8-17-19/h3-6,8-10,13H,7H2,1-2H3,(H,18,20). The summed E-state index contributed by atoms with van der Waals surface area (Å²) < 4.78 is 1.75. The van der Waals surface area contributed by atoms with E-state index in [-0.39, 0.29) is 16.7 Å². The SMILES string of the molecule is CC(C)C(Br)C(=O)Nc1ccc(Cn2cncn2)cc1. The van der Waals surface area contributed by atoms with Gasteiger partial charge in [0.2, 0.25) is 5.91 Å². The van der Waals surface area contributed by atoms with Gasteiger partial charge in [0.05, 0.1) is 11.4 Å². The molecule has 20 heavy (non-hydrogen) atoms. The van der Waals surface area contributed by atoms with Gasteiger partial charge in [0, 0.05) is 5.69 Å². The molecular weight excluding hydrogens is 320 g/mol. The maximum Gasteiger partial charge on any atom is 0.238 e. The molecule has 0 aliphatic carbocycles. The van der Waals surface area contributed by atoms with E-state index < -0.39 is 0 Å². The minimum Gasteiger partial charge on any atom is -0.325 e. The van der Waals surface area contributed by atoms with Crippen molar-refractivity contribution in [2.45, 2.75) is 25.2 Å². The molecule has 1 unspecified atom stereocenters. The largest absolute Gasteiger partial charge is 0.325 e. The lowest BCUT2D eigenvalue weighted by Crippen LogP contribution is -2.26. The first-order valence-corrected chi connectivity index (χ1v) is 7.34. The lowest BCUT2D eigenvalue weighted by molar-refractivity contribution is -0.116. The molecule has 2 rings (SSSR count). The maximum atomic E-state index is 11.9. The number of carbonyl (C=O) groups excluding carboxylic acids is 1. The number of halogens is 1. The third kappa shape index (κ3) is 3.90. The van der Waals surface area contributed by atoms with Gasteiger partial charge in [-0.25, -0.2) is 9.67 Å². The molecule has 1 atom stereocenters. The fourth-order valence-corrected chi connectivity index (χ4v) is 1.82. The molecule has 0 fully saturated rings. The van der Waals surface area contributed by atoms with Gasteiger partial charge >= 0.3 is 0 Å². The predicted octanol–water partition coefficient (Wildman–Crippen LogP) is 2.68. The van der Waals surface area contributed by atoms with Crippen LogP contribution in [0.3, 0.4) is 0 Å². The Balaban J connectivity index is 1.96. The van der Waals surface area contributed by atoms with Gasteiger partial charge in [0.15, 0.2) is 0 Å². The Labute approximate surface area is 126 Å². The molecule has 1 heterocycles. The number of benzene rings is 1. The Morgan fingerprint density at radius 3 is 2.60 bits per heavy atom. The number of carbonyl (C=O) groups is 1. The second kappa shape index (κ2) is 6.65. The van der Waals surface area contributed by atoms with Crippen molar-refractivity contribution in [1.82, 2.24) is 14.8 Å². The molecule has 0 aliphatic rings. The number of nitrogens with one attached hydrogen (secondary N) is 1. The molecule has 0 radical (unpaired) electrons. The highest BCUT2D eigenvalue weighted by atomic mass is 79.9. The normalized spacial score (nSPS) is 12.4. The van der Waals surface area contributed by atoms with Crippen LogP contribution in [0.2, 0.25) is 0 Å². The molecule has 1 aromatic carbocycles. The number of nitrogens with zero attached hydrogens (tertiary/aromatic N) is 3. The van der Waals surface area contributed by atoms with Gasteiger partial charge in [-0.05, 0) is 23.6 Å². The monoisotopic (exact) mass is 336 g/mol. The summed E-state index contributed by atoms with van der Waals surface area (Å²) in [5.41, 5.74) is 1.90. The van der Waals surface area contributed by atoms with Gasteiger partial charge in [-0.1, -0.05) is 41.9 Å². The average molecular weight is 337 g/mol. The van der Waals surface area contributed by atoms with Crippen molar-refractivity contribution in [3.63, 3.8) is 0 Å². The van der Waals surface area contributed by atoms with Crippen LogP contribution in [-0.2, 0) is 11.3 Å². The molecule has 0 saturated heterocycles. The molecular formula is C14H17BrN4O. The Kier molecular flexibility index (Phi) is 4.89. The van der Waals surface area contributed by atoms with Crippen molar-refractivity contribution in [3.05, 3.63) is 42.5 Å². The number of aromatic nitrogens is 3. The zero-order valence-electron chi connectivity index (χ0n) is 11.5. The number of hydrogen-bond acceptors (Lipinski definition) is 3. The van der Waals surface area contributed by atoms with E-state index in [0.717, 1.165) is 11.3 Å². The van der Waals surface area contributed by atoms with Crippen LogP contribution in [0, 0.1) is 5.92 Å². The minimum atomic E-state index is -0.183. The molecule has 6 heteroatoms. The van der Waals surface area contributed by atoms with Crippen molar-refractivity contribution in [2.24, 2.45) is 5.92 Å². The molecule has 2 aromatic rings. The fourth-order valence-electron chi connectivity index (χ4n) is 1.71. The summed E-state index contributed by atoms with van der Waals surface area (Å²) in [5.74, 6) is 0.227. The van der Waals surface area contributed by atoms with Crippen LogP contribution in [-0.4, -0.2) is 25.5 Å². The van der Waals surface area contributed by atoms with E-state index in [9.17, 15) is 4.79 Å². The van der Waals surface area contributed by atoms with Crippen LogP contribution in [0.1, 0.15) is 19.4 Å². The Morgan fingerprint density at radius 2 is 2.05 bits per heavy atom. The third-order valence-corrected chi connectivity index (χ3v) is 4.34.